The molecule has 7 heteroatoms. The van der Waals surface area contributed by atoms with Crippen LogP contribution in [0, 0.1) is 0 Å². The highest BCUT2D eigenvalue weighted by Gasteiger charge is 2.14. The Morgan fingerprint density at radius 2 is 2.04 bits per heavy atom. The van der Waals surface area contributed by atoms with Crippen LogP contribution >= 0.6 is 11.6 Å². The van der Waals surface area contributed by atoms with Crippen molar-refractivity contribution in [1.29, 1.82) is 0 Å². The summed E-state index contributed by atoms with van der Waals surface area (Å²) < 4.78 is 0. The Morgan fingerprint density at radius 3 is 2.75 bits per heavy atom. The molecule has 0 aliphatic heterocycles. The van der Waals surface area contributed by atoms with Crippen LogP contribution in [-0.2, 0) is 11.2 Å². The molecule has 24 heavy (non-hydrogen) atoms. The molecular formula is C17H16ClN5O. The highest BCUT2D eigenvalue weighted by Crippen LogP contribution is 2.21. The zero-order chi connectivity index (χ0) is 16.9. The number of anilines is 1. The summed E-state index contributed by atoms with van der Waals surface area (Å²) in [6.45, 7) is 0. The van der Waals surface area contributed by atoms with Crippen LogP contribution in [0.3, 0.4) is 0 Å². The second-order valence-corrected chi connectivity index (χ2v) is 5.70. The molecule has 1 N–H and O–H groups in total. The number of carbonyl (C=O) groups is 1. The van der Waals surface area contributed by atoms with Gasteiger partial charge >= 0.3 is 0 Å². The molecule has 0 aliphatic carbocycles. The molecule has 0 saturated carbocycles. The van der Waals surface area contributed by atoms with Gasteiger partial charge in [0.25, 0.3) is 0 Å². The number of aromatic amines is 1. The SMILES string of the molecule is CN(C(=O)CCc1ccc(Cl)nc1)c1cc(-c2ccncc2)[nH]n1. The van der Waals surface area contributed by atoms with Gasteiger partial charge in [-0.05, 0) is 30.2 Å². The summed E-state index contributed by atoms with van der Waals surface area (Å²) in [5.74, 6) is 0.568. The number of rotatable bonds is 5. The van der Waals surface area contributed by atoms with E-state index in [2.05, 4.69) is 20.2 Å². The molecule has 3 aromatic rings. The van der Waals surface area contributed by atoms with Crippen LogP contribution in [0.25, 0.3) is 11.3 Å². The molecule has 122 valence electrons. The number of pyridine rings is 2. The van der Waals surface area contributed by atoms with Gasteiger partial charge in [-0.25, -0.2) is 4.98 Å². The van der Waals surface area contributed by atoms with Gasteiger partial charge in [0.05, 0.1) is 5.69 Å². The van der Waals surface area contributed by atoms with Gasteiger partial charge in [0.2, 0.25) is 5.91 Å². The molecule has 0 fully saturated rings. The van der Waals surface area contributed by atoms with Gasteiger partial charge in [0.1, 0.15) is 5.15 Å². The zero-order valence-electron chi connectivity index (χ0n) is 13.1. The minimum Gasteiger partial charge on any atom is -0.298 e. The zero-order valence-corrected chi connectivity index (χ0v) is 13.9. The van der Waals surface area contributed by atoms with E-state index in [0.717, 1.165) is 16.8 Å². The summed E-state index contributed by atoms with van der Waals surface area (Å²) >= 11 is 5.76. The topological polar surface area (TPSA) is 74.8 Å². The number of aromatic nitrogens is 4. The molecule has 0 radical (unpaired) electrons. The first kappa shape index (κ1) is 16.1. The monoisotopic (exact) mass is 341 g/mol. The highest BCUT2D eigenvalue weighted by atomic mass is 35.5. The molecule has 0 unspecified atom stereocenters. The van der Waals surface area contributed by atoms with Crippen molar-refractivity contribution in [2.75, 3.05) is 11.9 Å². The average Bonchev–Trinajstić information content (AvgIpc) is 3.11. The van der Waals surface area contributed by atoms with Gasteiger partial charge < -0.3 is 0 Å². The summed E-state index contributed by atoms with van der Waals surface area (Å²) in [6.07, 6.45) is 6.09. The van der Waals surface area contributed by atoms with Crippen molar-refractivity contribution in [3.8, 4) is 11.3 Å². The van der Waals surface area contributed by atoms with Gasteiger partial charge in [-0.2, -0.15) is 5.10 Å². The third-order valence-corrected chi connectivity index (χ3v) is 3.91. The van der Waals surface area contributed by atoms with E-state index in [4.69, 9.17) is 11.6 Å². The van der Waals surface area contributed by atoms with Crippen LogP contribution in [-0.4, -0.2) is 33.1 Å². The third kappa shape index (κ3) is 3.78. The van der Waals surface area contributed by atoms with E-state index in [9.17, 15) is 4.79 Å². The van der Waals surface area contributed by atoms with Crippen molar-refractivity contribution >= 4 is 23.3 Å². The number of hydrogen-bond acceptors (Lipinski definition) is 4. The minimum atomic E-state index is -0.0160. The van der Waals surface area contributed by atoms with Crippen molar-refractivity contribution in [3.63, 3.8) is 0 Å². The number of H-pyrrole nitrogens is 1. The van der Waals surface area contributed by atoms with Crippen LogP contribution in [0.2, 0.25) is 5.15 Å². The number of aryl methyl sites for hydroxylation is 1. The van der Waals surface area contributed by atoms with Crippen molar-refractivity contribution < 1.29 is 4.79 Å². The van der Waals surface area contributed by atoms with Gasteiger partial charge in [-0.15, -0.1) is 0 Å². The van der Waals surface area contributed by atoms with Crippen LogP contribution in [0.4, 0.5) is 5.82 Å². The minimum absolute atomic E-state index is 0.0160. The van der Waals surface area contributed by atoms with E-state index in [1.54, 1.807) is 36.6 Å². The molecule has 1 amide bonds. The normalized spacial score (nSPS) is 10.6. The highest BCUT2D eigenvalue weighted by molar-refractivity contribution is 6.29. The van der Waals surface area contributed by atoms with Crippen LogP contribution in [0.5, 0.6) is 0 Å². The van der Waals surface area contributed by atoms with Crippen molar-refractivity contribution in [1.82, 2.24) is 20.2 Å². The van der Waals surface area contributed by atoms with Crippen LogP contribution < -0.4 is 4.90 Å². The van der Waals surface area contributed by atoms with E-state index in [1.807, 2.05) is 24.3 Å². The molecule has 0 aromatic carbocycles. The predicted octanol–water partition coefficient (Wildman–Crippen LogP) is 3.12. The Hall–Kier alpha value is -2.73. The van der Waals surface area contributed by atoms with E-state index in [1.165, 1.54) is 0 Å². The lowest BCUT2D eigenvalue weighted by Gasteiger charge is -2.13. The first-order valence-corrected chi connectivity index (χ1v) is 7.84. The Bertz CT molecular complexity index is 817. The lowest BCUT2D eigenvalue weighted by Crippen LogP contribution is -2.26. The lowest BCUT2D eigenvalue weighted by molar-refractivity contribution is -0.118. The Labute approximate surface area is 144 Å². The molecule has 3 aromatic heterocycles. The number of amides is 1. The molecule has 0 atom stereocenters. The average molecular weight is 342 g/mol. The molecule has 3 heterocycles. The third-order valence-electron chi connectivity index (χ3n) is 3.69. The fourth-order valence-corrected chi connectivity index (χ4v) is 2.38. The Kier molecular flexibility index (Phi) is 4.86. The number of nitrogens with zero attached hydrogens (tertiary/aromatic N) is 4. The van der Waals surface area contributed by atoms with Crippen molar-refractivity contribution in [2.24, 2.45) is 0 Å². The van der Waals surface area contributed by atoms with E-state index >= 15 is 0 Å². The second kappa shape index (κ2) is 7.23. The molecule has 0 spiro atoms. The quantitative estimate of drug-likeness (QED) is 0.723. The predicted molar refractivity (Wildman–Crippen MR) is 92.8 cm³/mol. The molecule has 3 rings (SSSR count). The smallest absolute Gasteiger partial charge is 0.228 e. The van der Waals surface area contributed by atoms with E-state index in [-0.39, 0.29) is 5.91 Å². The van der Waals surface area contributed by atoms with Crippen LogP contribution in [0.15, 0.2) is 48.9 Å². The fraction of sp³-hybridized carbons (Fsp3) is 0.176. The molecule has 0 saturated heterocycles. The van der Waals surface area contributed by atoms with Gasteiger partial charge in [0, 0.05) is 43.7 Å². The molecular weight excluding hydrogens is 326 g/mol. The molecule has 0 bridgehead atoms. The summed E-state index contributed by atoms with van der Waals surface area (Å²) in [5.41, 5.74) is 2.78. The number of halogens is 1. The number of hydrogen-bond donors (Lipinski definition) is 1. The maximum absolute atomic E-state index is 12.3. The lowest BCUT2D eigenvalue weighted by atomic mass is 10.1. The van der Waals surface area contributed by atoms with Gasteiger partial charge in [0.15, 0.2) is 5.82 Å². The van der Waals surface area contributed by atoms with E-state index in [0.29, 0.717) is 23.8 Å². The standard InChI is InChI=1S/C17H16ClN5O/c1-23(17(24)5-3-12-2-4-15(18)20-11-12)16-10-14(21-22-16)13-6-8-19-9-7-13/h2,4,6-11H,3,5H2,1H3,(H,21,22). The summed E-state index contributed by atoms with van der Waals surface area (Å²) in [5, 5.41) is 7.60. The molecule has 0 aliphatic rings. The first-order valence-electron chi connectivity index (χ1n) is 7.46. The first-order chi connectivity index (χ1) is 11.6. The number of carbonyl (C=O) groups excluding carboxylic acids is 1. The maximum atomic E-state index is 12.3. The van der Waals surface area contributed by atoms with Gasteiger partial charge in [-0.3, -0.25) is 19.8 Å². The van der Waals surface area contributed by atoms with Crippen molar-refractivity contribution in [2.45, 2.75) is 12.8 Å². The summed E-state index contributed by atoms with van der Waals surface area (Å²) in [6, 6.07) is 9.20. The Balaban J connectivity index is 1.63. The summed E-state index contributed by atoms with van der Waals surface area (Å²) in [7, 11) is 1.72. The van der Waals surface area contributed by atoms with E-state index < -0.39 is 0 Å². The largest absolute Gasteiger partial charge is 0.298 e. The van der Waals surface area contributed by atoms with Crippen LogP contribution in [0.1, 0.15) is 12.0 Å². The van der Waals surface area contributed by atoms with Gasteiger partial charge in [-0.1, -0.05) is 17.7 Å². The summed E-state index contributed by atoms with van der Waals surface area (Å²) in [4.78, 5) is 21.9. The molecule has 6 nitrogen and oxygen atoms in total. The van der Waals surface area contributed by atoms with Crippen molar-refractivity contribution in [3.05, 3.63) is 59.6 Å². The maximum Gasteiger partial charge on any atom is 0.228 e. The Morgan fingerprint density at radius 1 is 1.25 bits per heavy atom. The number of nitrogens with one attached hydrogen (secondary N) is 1. The second-order valence-electron chi connectivity index (χ2n) is 5.32. The fourth-order valence-electron chi connectivity index (χ4n) is 2.26.